The number of fused-ring (bicyclic) bond motifs is 2. The minimum Gasteiger partial charge on any atom is -0.349 e. The minimum absolute atomic E-state index is 0.0251. The van der Waals surface area contributed by atoms with Gasteiger partial charge in [-0.3, -0.25) is 20.2 Å². The maximum Gasteiger partial charge on any atom is 0.250 e. The maximum absolute atomic E-state index is 13.2. The fraction of sp³-hybridized carbons (Fsp3) is 0.926. The minimum atomic E-state index is -0.456. The number of carbonyl (C=O) groups excluding carboxylic acids is 2. The van der Waals surface area contributed by atoms with Crippen LogP contribution >= 0.6 is 23.2 Å². The number of alkyl halides is 2. The molecular formula is C27H42Cl2N4O4. The first kappa shape index (κ1) is 26.6. The second kappa shape index (κ2) is 10.7. The van der Waals surface area contributed by atoms with E-state index in [0.717, 1.165) is 83.5 Å². The van der Waals surface area contributed by atoms with Crippen LogP contribution in [0.2, 0.25) is 0 Å². The first-order chi connectivity index (χ1) is 17.8. The lowest BCUT2D eigenvalue weighted by atomic mass is 9.88. The molecule has 10 heteroatoms. The highest BCUT2D eigenvalue weighted by Gasteiger charge is 2.56. The van der Waals surface area contributed by atoms with Gasteiger partial charge in [0.2, 0.25) is 0 Å². The van der Waals surface area contributed by atoms with Gasteiger partial charge in [0.15, 0.2) is 12.2 Å². The molecule has 8 nitrogen and oxygen atoms in total. The highest BCUT2D eigenvalue weighted by Crippen LogP contribution is 2.51. The zero-order chi connectivity index (χ0) is 25.6. The lowest BCUT2D eigenvalue weighted by molar-refractivity contribution is -0.135. The summed E-state index contributed by atoms with van der Waals surface area (Å²) in [6.07, 6.45) is 11.5. The van der Waals surface area contributed by atoms with E-state index in [9.17, 15) is 9.59 Å². The average molecular weight is 558 g/mol. The standard InChI is InChI=1S/C27H42Cl2N4O4/c28-18-5-1-16(2-6-18)24-30-13-20(36-24)22(34)32-26-9-11-27(15-26,12-10-26)33-23(35)21-14-31-25(37-21)17-3-7-19(29)8-4-17/h16-21,24-25,30-31H,1-15H2,(H,32,34)(H,33,35). The van der Waals surface area contributed by atoms with Gasteiger partial charge in [-0.2, -0.15) is 0 Å². The number of amides is 2. The van der Waals surface area contributed by atoms with E-state index >= 15 is 0 Å². The van der Waals surface area contributed by atoms with Gasteiger partial charge in [-0.25, -0.2) is 0 Å². The molecule has 2 amide bonds. The van der Waals surface area contributed by atoms with Crippen molar-refractivity contribution in [2.75, 3.05) is 13.1 Å². The second-order valence-electron chi connectivity index (χ2n) is 12.6. The Morgan fingerprint density at radius 3 is 1.41 bits per heavy atom. The zero-order valence-corrected chi connectivity index (χ0v) is 23.1. The molecule has 2 aliphatic heterocycles. The monoisotopic (exact) mass is 556 g/mol. The van der Waals surface area contributed by atoms with Crippen LogP contribution in [0, 0.1) is 11.8 Å². The Balaban J connectivity index is 0.976. The van der Waals surface area contributed by atoms with Gasteiger partial charge in [0.05, 0.1) is 0 Å². The Labute approximate surface area is 230 Å². The van der Waals surface area contributed by atoms with Crippen LogP contribution in [0.15, 0.2) is 0 Å². The van der Waals surface area contributed by atoms with Crippen molar-refractivity contribution >= 4 is 35.0 Å². The van der Waals surface area contributed by atoms with Gasteiger partial charge < -0.3 is 20.1 Å². The second-order valence-corrected chi connectivity index (χ2v) is 13.9. The molecule has 4 saturated carbocycles. The Morgan fingerprint density at radius 2 is 1.03 bits per heavy atom. The summed E-state index contributed by atoms with van der Waals surface area (Å²) in [5.41, 5.74) is -0.500. The van der Waals surface area contributed by atoms with Gasteiger partial charge in [0, 0.05) is 34.9 Å². The first-order valence-corrected chi connectivity index (χ1v) is 15.4. The molecule has 0 radical (unpaired) electrons. The van der Waals surface area contributed by atoms with Crippen molar-refractivity contribution < 1.29 is 19.1 Å². The molecule has 6 fully saturated rings. The summed E-state index contributed by atoms with van der Waals surface area (Å²) in [6, 6.07) is 0. The van der Waals surface area contributed by atoms with E-state index in [1.54, 1.807) is 0 Å². The van der Waals surface area contributed by atoms with Gasteiger partial charge in [0.1, 0.15) is 12.5 Å². The molecule has 2 bridgehead atoms. The fourth-order valence-electron chi connectivity index (χ4n) is 7.85. The molecule has 4 atom stereocenters. The molecule has 0 aromatic rings. The zero-order valence-electron chi connectivity index (χ0n) is 21.6. The Kier molecular flexibility index (Phi) is 7.71. The molecular weight excluding hydrogens is 515 g/mol. The summed E-state index contributed by atoms with van der Waals surface area (Å²) in [7, 11) is 0. The van der Waals surface area contributed by atoms with Gasteiger partial charge in [0.25, 0.3) is 11.8 Å². The third kappa shape index (κ3) is 5.66. The van der Waals surface area contributed by atoms with Crippen molar-refractivity contribution in [3.63, 3.8) is 0 Å². The molecule has 37 heavy (non-hydrogen) atoms. The Hall–Kier alpha value is -0.640. The van der Waals surface area contributed by atoms with Gasteiger partial charge in [-0.1, -0.05) is 0 Å². The number of halogens is 2. The topological polar surface area (TPSA) is 101 Å². The molecule has 0 aromatic carbocycles. The van der Waals surface area contributed by atoms with Gasteiger partial charge >= 0.3 is 0 Å². The van der Waals surface area contributed by atoms with E-state index in [0.29, 0.717) is 24.9 Å². The van der Waals surface area contributed by atoms with Crippen LogP contribution in [0.25, 0.3) is 0 Å². The average Bonchev–Trinajstić information content (AvgIpc) is 3.68. The molecule has 6 rings (SSSR count). The number of carbonyl (C=O) groups is 2. The smallest absolute Gasteiger partial charge is 0.250 e. The van der Waals surface area contributed by atoms with Crippen molar-refractivity contribution in [3.05, 3.63) is 0 Å². The van der Waals surface area contributed by atoms with E-state index in [2.05, 4.69) is 21.3 Å². The SMILES string of the molecule is O=C(NC12CCC(NC(=O)C3CNC(C4CCC(Cl)CC4)O3)(CC1)C2)C1CNC(C2CCC(Cl)CC2)O1. The molecule has 6 aliphatic rings. The van der Waals surface area contributed by atoms with Crippen LogP contribution in [0.3, 0.4) is 0 Å². The van der Waals surface area contributed by atoms with Crippen molar-refractivity contribution in [3.8, 4) is 0 Å². The summed E-state index contributed by atoms with van der Waals surface area (Å²) in [5.74, 6) is 0.800. The fourth-order valence-corrected chi connectivity index (χ4v) is 8.35. The Bertz CT molecular complexity index is 785. The van der Waals surface area contributed by atoms with Crippen LogP contribution < -0.4 is 21.3 Å². The highest BCUT2D eigenvalue weighted by atomic mass is 35.5. The molecule has 0 aromatic heterocycles. The third-order valence-electron chi connectivity index (χ3n) is 10.1. The molecule has 4 aliphatic carbocycles. The Morgan fingerprint density at radius 1 is 0.649 bits per heavy atom. The third-order valence-corrected chi connectivity index (χ3v) is 11.0. The van der Waals surface area contributed by atoms with E-state index in [4.69, 9.17) is 32.7 Å². The molecule has 208 valence electrons. The number of rotatable bonds is 6. The van der Waals surface area contributed by atoms with Crippen molar-refractivity contribution in [2.45, 2.75) is 130 Å². The van der Waals surface area contributed by atoms with E-state index in [-0.39, 0.29) is 46.1 Å². The normalized spacial score (nSPS) is 47.7. The van der Waals surface area contributed by atoms with Crippen LogP contribution in [-0.2, 0) is 19.1 Å². The summed E-state index contributed by atoms with van der Waals surface area (Å²) in [4.78, 5) is 26.4. The summed E-state index contributed by atoms with van der Waals surface area (Å²) >= 11 is 12.5. The van der Waals surface area contributed by atoms with Crippen LogP contribution in [0.4, 0.5) is 0 Å². The predicted octanol–water partition coefficient (Wildman–Crippen LogP) is 2.90. The quantitative estimate of drug-likeness (QED) is 0.375. The summed E-state index contributed by atoms with van der Waals surface area (Å²) in [6.45, 7) is 1.10. The lowest BCUT2D eigenvalue weighted by Crippen LogP contribution is -2.51. The van der Waals surface area contributed by atoms with Crippen LogP contribution in [-0.4, -0.2) is 71.4 Å². The maximum atomic E-state index is 13.2. The highest BCUT2D eigenvalue weighted by molar-refractivity contribution is 6.20. The van der Waals surface area contributed by atoms with Crippen molar-refractivity contribution in [2.24, 2.45) is 11.8 Å². The molecule has 2 heterocycles. The largest absolute Gasteiger partial charge is 0.349 e. The number of hydrogen-bond donors (Lipinski definition) is 4. The van der Waals surface area contributed by atoms with E-state index < -0.39 is 12.2 Å². The number of hydrogen-bond acceptors (Lipinski definition) is 6. The van der Waals surface area contributed by atoms with Crippen molar-refractivity contribution in [1.29, 1.82) is 0 Å². The van der Waals surface area contributed by atoms with E-state index in [1.165, 1.54) is 0 Å². The molecule has 4 unspecified atom stereocenters. The first-order valence-electron chi connectivity index (χ1n) is 14.5. The van der Waals surface area contributed by atoms with Gasteiger partial charge in [-0.15, -0.1) is 23.2 Å². The number of ether oxygens (including phenoxy) is 2. The van der Waals surface area contributed by atoms with Crippen LogP contribution in [0.5, 0.6) is 0 Å². The van der Waals surface area contributed by atoms with Crippen molar-refractivity contribution in [1.82, 2.24) is 21.3 Å². The summed E-state index contributed by atoms with van der Waals surface area (Å²) < 4.78 is 12.3. The summed E-state index contributed by atoms with van der Waals surface area (Å²) in [5, 5.41) is 14.1. The van der Waals surface area contributed by atoms with Crippen LogP contribution in [0.1, 0.15) is 83.5 Å². The predicted molar refractivity (Wildman–Crippen MR) is 141 cm³/mol. The molecule has 2 saturated heterocycles. The number of nitrogens with one attached hydrogen (secondary N) is 4. The van der Waals surface area contributed by atoms with Gasteiger partial charge in [-0.05, 0) is 95.3 Å². The molecule has 0 spiro atoms. The lowest BCUT2D eigenvalue weighted by Gasteiger charge is -2.31. The molecule has 4 N–H and O–H groups in total. The van der Waals surface area contributed by atoms with E-state index in [1.807, 2.05) is 0 Å².